The quantitative estimate of drug-likeness (QED) is 0.895. The molecule has 2 bridgehead atoms. The van der Waals surface area contributed by atoms with Gasteiger partial charge in [0.2, 0.25) is 0 Å². The summed E-state index contributed by atoms with van der Waals surface area (Å²) in [4.78, 5) is 25.5. The van der Waals surface area contributed by atoms with Gasteiger partial charge in [0.25, 0.3) is 5.91 Å². The van der Waals surface area contributed by atoms with Crippen molar-refractivity contribution >= 4 is 5.91 Å². The minimum Gasteiger partial charge on any atom is -0.465 e. The number of amides is 1. The number of nitrogens with zero attached hydrogens (tertiary/aromatic N) is 3. The van der Waals surface area contributed by atoms with Crippen LogP contribution in [0.3, 0.4) is 0 Å². The molecule has 3 saturated heterocycles. The Morgan fingerprint density at radius 3 is 2.78 bits per heavy atom. The second-order valence-electron chi connectivity index (χ2n) is 8.50. The molecule has 3 aliphatic rings. The number of carbonyl (C=O) groups excluding carboxylic acids is 1. The van der Waals surface area contributed by atoms with Crippen molar-refractivity contribution in [3.63, 3.8) is 0 Å². The maximum atomic E-state index is 13.3. The van der Waals surface area contributed by atoms with E-state index in [0.29, 0.717) is 11.8 Å². The highest BCUT2D eigenvalue weighted by Crippen LogP contribution is 2.31. The molecule has 27 heavy (non-hydrogen) atoms. The number of aromatic amines is 1. The van der Waals surface area contributed by atoms with Crippen molar-refractivity contribution in [2.75, 3.05) is 19.6 Å². The lowest BCUT2D eigenvalue weighted by molar-refractivity contribution is 0.0583. The number of rotatable bonds is 4. The lowest BCUT2D eigenvalue weighted by atomic mass is 9.94. The van der Waals surface area contributed by atoms with Crippen molar-refractivity contribution in [2.24, 2.45) is 5.92 Å². The summed E-state index contributed by atoms with van der Waals surface area (Å²) in [7, 11) is 0. The van der Waals surface area contributed by atoms with Crippen LogP contribution in [0.2, 0.25) is 0 Å². The van der Waals surface area contributed by atoms with Crippen LogP contribution in [0.4, 0.5) is 0 Å². The first-order chi connectivity index (χ1) is 12.9. The molecule has 3 aliphatic heterocycles. The van der Waals surface area contributed by atoms with E-state index < -0.39 is 0 Å². The number of fused-ring (bicyclic) bond motifs is 4. The lowest BCUT2D eigenvalue weighted by Gasteiger charge is -2.36. The van der Waals surface area contributed by atoms with E-state index in [2.05, 4.69) is 40.5 Å². The van der Waals surface area contributed by atoms with E-state index in [1.165, 1.54) is 6.42 Å². The normalized spacial score (nSPS) is 23.2. The van der Waals surface area contributed by atoms with E-state index in [0.717, 1.165) is 61.1 Å². The van der Waals surface area contributed by atoms with Gasteiger partial charge >= 0.3 is 0 Å². The third-order valence-corrected chi connectivity index (χ3v) is 6.09. The summed E-state index contributed by atoms with van der Waals surface area (Å²) in [6.07, 6.45) is 4.05. The predicted octanol–water partition coefficient (Wildman–Crippen LogP) is 3.48. The van der Waals surface area contributed by atoms with E-state index in [4.69, 9.17) is 4.42 Å². The zero-order valence-corrected chi connectivity index (χ0v) is 16.8. The summed E-state index contributed by atoms with van der Waals surface area (Å²) in [6, 6.07) is 2.22. The molecule has 0 aromatic carbocycles. The minimum absolute atomic E-state index is 0.135. The van der Waals surface area contributed by atoms with Gasteiger partial charge in [-0.1, -0.05) is 13.8 Å². The third-order valence-electron chi connectivity index (χ3n) is 6.09. The van der Waals surface area contributed by atoms with Crippen LogP contribution in [-0.2, 0) is 6.54 Å². The summed E-state index contributed by atoms with van der Waals surface area (Å²) in [5.41, 5.74) is 2.98. The Bertz CT molecular complexity index is 822. The van der Waals surface area contributed by atoms with Crippen LogP contribution < -0.4 is 0 Å². The van der Waals surface area contributed by atoms with E-state index in [9.17, 15) is 4.79 Å². The average Bonchev–Trinajstić information content (AvgIpc) is 3.09. The molecule has 2 aromatic rings. The first-order valence-corrected chi connectivity index (χ1v) is 10.0. The maximum Gasteiger partial charge on any atom is 0.257 e. The topological polar surface area (TPSA) is 65.4 Å². The zero-order chi connectivity index (χ0) is 19.1. The molecular weight excluding hydrogens is 340 g/mol. The standard InChI is InChI=1S/C21H30N4O2/c1-13(2)20-7-18(15(4)27-20)21(26)25-9-16-5-6-17(25)10-24(8-16)11-19-14(3)22-12-23-19/h7,12-13,16-17H,5-6,8-11H2,1-4H3,(H,22,23). The van der Waals surface area contributed by atoms with Gasteiger partial charge in [-0.05, 0) is 38.7 Å². The monoisotopic (exact) mass is 370 g/mol. The number of H-pyrrole nitrogens is 1. The maximum absolute atomic E-state index is 13.3. The molecule has 0 radical (unpaired) electrons. The van der Waals surface area contributed by atoms with Crippen molar-refractivity contribution in [3.05, 3.63) is 40.9 Å². The molecule has 2 aromatic heterocycles. The number of nitrogens with one attached hydrogen (secondary N) is 1. The molecule has 0 aliphatic carbocycles. The van der Waals surface area contributed by atoms with Crippen molar-refractivity contribution in [3.8, 4) is 0 Å². The molecule has 0 spiro atoms. The highest BCUT2D eigenvalue weighted by Gasteiger charge is 2.38. The van der Waals surface area contributed by atoms with Gasteiger partial charge in [0, 0.05) is 43.8 Å². The number of imidazole rings is 1. The van der Waals surface area contributed by atoms with E-state index in [-0.39, 0.29) is 11.9 Å². The largest absolute Gasteiger partial charge is 0.465 e. The lowest BCUT2D eigenvalue weighted by Crippen LogP contribution is -2.47. The zero-order valence-electron chi connectivity index (χ0n) is 16.8. The number of hydrogen-bond donors (Lipinski definition) is 1. The smallest absolute Gasteiger partial charge is 0.257 e. The number of hydrogen-bond acceptors (Lipinski definition) is 4. The number of piperidine rings is 1. The van der Waals surface area contributed by atoms with E-state index >= 15 is 0 Å². The fourth-order valence-electron chi connectivity index (χ4n) is 4.47. The van der Waals surface area contributed by atoms with Gasteiger partial charge in [-0.25, -0.2) is 4.98 Å². The van der Waals surface area contributed by atoms with Crippen molar-refractivity contribution < 1.29 is 9.21 Å². The number of furan rings is 1. The van der Waals surface area contributed by atoms with Crippen LogP contribution in [0, 0.1) is 19.8 Å². The van der Waals surface area contributed by atoms with E-state index in [1.54, 1.807) is 6.33 Å². The molecule has 3 fully saturated rings. The van der Waals surface area contributed by atoms with Crippen molar-refractivity contribution in [2.45, 2.75) is 59.0 Å². The summed E-state index contributed by atoms with van der Waals surface area (Å²) >= 11 is 0. The van der Waals surface area contributed by atoms with Crippen LogP contribution in [-0.4, -0.2) is 51.4 Å². The molecule has 2 unspecified atom stereocenters. The summed E-state index contributed by atoms with van der Waals surface area (Å²) < 4.78 is 5.83. The summed E-state index contributed by atoms with van der Waals surface area (Å²) in [5.74, 6) is 2.59. The van der Waals surface area contributed by atoms with Crippen LogP contribution >= 0.6 is 0 Å². The summed E-state index contributed by atoms with van der Waals surface area (Å²) in [6.45, 7) is 11.8. The molecular formula is C21H30N4O2. The van der Waals surface area contributed by atoms with Gasteiger partial charge in [-0.2, -0.15) is 0 Å². The van der Waals surface area contributed by atoms with Gasteiger partial charge < -0.3 is 14.3 Å². The van der Waals surface area contributed by atoms with Crippen molar-refractivity contribution in [1.82, 2.24) is 19.8 Å². The fraction of sp³-hybridized carbons (Fsp3) is 0.619. The molecule has 6 nitrogen and oxygen atoms in total. The second kappa shape index (κ2) is 7.15. The first kappa shape index (κ1) is 18.3. The Hall–Kier alpha value is -2.08. The van der Waals surface area contributed by atoms with Crippen LogP contribution in [0.25, 0.3) is 0 Å². The van der Waals surface area contributed by atoms with Gasteiger partial charge in [-0.15, -0.1) is 0 Å². The SMILES string of the molecule is Cc1[nH]cnc1CN1CC2CCC(C1)N(C(=O)c1cc(C(C)C)oc1C)C2. The Labute approximate surface area is 160 Å². The van der Waals surface area contributed by atoms with Crippen LogP contribution in [0.5, 0.6) is 0 Å². The Morgan fingerprint density at radius 1 is 1.30 bits per heavy atom. The van der Waals surface area contributed by atoms with Gasteiger partial charge in [0.15, 0.2) is 0 Å². The van der Waals surface area contributed by atoms with Crippen molar-refractivity contribution in [1.29, 1.82) is 0 Å². The second-order valence-corrected chi connectivity index (χ2v) is 8.50. The van der Waals surface area contributed by atoms with Gasteiger partial charge in [-0.3, -0.25) is 9.69 Å². The minimum atomic E-state index is 0.135. The molecule has 5 rings (SSSR count). The van der Waals surface area contributed by atoms with E-state index in [1.807, 2.05) is 13.0 Å². The summed E-state index contributed by atoms with van der Waals surface area (Å²) in [5, 5.41) is 0. The molecule has 0 saturated carbocycles. The first-order valence-electron chi connectivity index (χ1n) is 10.0. The van der Waals surface area contributed by atoms with Gasteiger partial charge in [0.1, 0.15) is 11.5 Å². The highest BCUT2D eigenvalue weighted by atomic mass is 16.3. The number of carbonyl (C=O) groups is 1. The number of aryl methyl sites for hydroxylation is 2. The highest BCUT2D eigenvalue weighted by molar-refractivity contribution is 5.95. The Balaban J connectivity index is 1.52. The molecule has 5 heterocycles. The molecule has 1 N–H and O–H groups in total. The Kier molecular flexibility index (Phi) is 4.84. The molecule has 146 valence electrons. The predicted molar refractivity (Wildman–Crippen MR) is 104 cm³/mol. The molecule has 1 amide bonds. The third kappa shape index (κ3) is 3.55. The average molecular weight is 370 g/mol. The molecule has 2 atom stereocenters. The molecule has 6 heteroatoms. The van der Waals surface area contributed by atoms with Crippen LogP contribution in [0.15, 0.2) is 16.8 Å². The van der Waals surface area contributed by atoms with Gasteiger partial charge in [0.05, 0.1) is 17.6 Å². The Morgan fingerprint density at radius 2 is 2.11 bits per heavy atom. The van der Waals surface area contributed by atoms with Crippen LogP contribution in [0.1, 0.15) is 65.9 Å². The number of aromatic nitrogens is 2. The fourth-order valence-corrected chi connectivity index (χ4v) is 4.47.